The molecule has 0 N–H and O–H groups in total. The van der Waals surface area contributed by atoms with Crippen molar-refractivity contribution in [3.05, 3.63) is 134 Å². The van der Waals surface area contributed by atoms with Crippen molar-refractivity contribution in [1.82, 2.24) is 0 Å². The maximum absolute atomic E-state index is 12.7. The van der Waals surface area contributed by atoms with E-state index >= 15 is 0 Å². The lowest BCUT2D eigenvalue weighted by Gasteiger charge is -2.18. The SMILES string of the molecule is CC\C=C/C=C\C=C/C=C\C=C\C=C/C=C\CCCCCC(=O)OCC(COC(=O)CCCCCCCCCCCC)OC(=O)CCCCC\C=C/C=C\C=C/C=C\CC. The summed E-state index contributed by atoms with van der Waals surface area (Å²) < 4.78 is 16.6. The van der Waals surface area contributed by atoms with Crippen LogP contribution in [0.5, 0.6) is 0 Å². The van der Waals surface area contributed by atoms with Gasteiger partial charge in [-0.25, -0.2) is 0 Å². The standard InChI is InChI=1S/C54H82O6/c1-4-7-10-13-16-19-22-24-25-26-27-28-29-31-32-35-38-41-44-47-53(56)59-50-51(49-58-52(55)46-43-40-37-34-21-18-15-12-9-6-3)60-54(57)48-45-42-39-36-33-30-23-20-17-14-11-8-5-2/h7-8,10-11,13-14,16-17,19-20,22-33,51H,4-6,9,12,15,18,21,34-50H2,1-3H3/b10-7-,11-8-,16-13-,17-14-,22-19-,23-20-,25-24-,27-26+,29-28-,32-31-,33-30-. The van der Waals surface area contributed by atoms with Crippen LogP contribution in [0.15, 0.2) is 134 Å². The Balaban J connectivity index is 4.56. The Labute approximate surface area is 366 Å². The minimum absolute atomic E-state index is 0.113. The molecule has 0 fully saturated rings. The third kappa shape index (κ3) is 44.6. The van der Waals surface area contributed by atoms with Crippen LogP contribution in [0.25, 0.3) is 0 Å². The lowest BCUT2D eigenvalue weighted by molar-refractivity contribution is -0.167. The number of esters is 3. The average molecular weight is 827 g/mol. The van der Waals surface area contributed by atoms with Crippen molar-refractivity contribution < 1.29 is 28.6 Å². The van der Waals surface area contributed by atoms with E-state index in [1.54, 1.807) is 0 Å². The van der Waals surface area contributed by atoms with Crippen LogP contribution in [0, 0.1) is 0 Å². The van der Waals surface area contributed by atoms with Gasteiger partial charge in [0.25, 0.3) is 0 Å². The summed E-state index contributed by atoms with van der Waals surface area (Å²) in [5.74, 6) is -1.02. The van der Waals surface area contributed by atoms with Crippen LogP contribution in [0.3, 0.4) is 0 Å². The van der Waals surface area contributed by atoms with E-state index in [-0.39, 0.29) is 37.5 Å². The molecule has 334 valence electrons. The highest BCUT2D eigenvalue weighted by molar-refractivity contribution is 5.71. The van der Waals surface area contributed by atoms with E-state index < -0.39 is 6.10 Å². The zero-order chi connectivity index (χ0) is 43.7. The predicted octanol–water partition coefficient (Wildman–Crippen LogP) is 15.1. The molecule has 0 aliphatic heterocycles. The third-order valence-electron chi connectivity index (χ3n) is 9.19. The first-order valence-electron chi connectivity index (χ1n) is 23.3. The topological polar surface area (TPSA) is 78.9 Å². The first kappa shape index (κ1) is 55.5. The maximum Gasteiger partial charge on any atom is 0.306 e. The summed E-state index contributed by atoms with van der Waals surface area (Å²) in [6.07, 6.45) is 65.7. The Hall–Kier alpha value is -4.45. The van der Waals surface area contributed by atoms with Crippen molar-refractivity contribution in [3.63, 3.8) is 0 Å². The summed E-state index contributed by atoms with van der Waals surface area (Å²) in [5.41, 5.74) is 0. The molecule has 0 bridgehead atoms. The molecule has 1 atom stereocenters. The van der Waals surface area contributed by atoms with Crippen molar-refractivity contribution in [2.24, 2.45) is 0 Å². The highest BCUT2D eigenvalue weighted by Crippen LogP contribution is 2.13. The highest BCUT2D eigenvalue weighted by atomic mass is 16.6. The monoisotopic (exact) mass is 827 g/mol. The molecular formula is C54H82O6. The number of rotatable bonds is 39. The maximum atomic E-state index is 12.7. The van der Waals surface area contributed by atoms with E-state index in [9.17, 15) is 14.4 Å². The number of carbonyl (C=O) groups excluding carboxylic acids is 3. The summed E-state index contributed by atoms with van der Waals surface area (Å²) in [6, 6.07) is 0. The second-order valence-corrected chi connectivity index (χ2v) is 14.8. The van der Waals surface area contributed by atoms with Crippen molar-refractivity contribution in [3.8, 4) is 0 Å². The lowest BCUT2D eigenvalue weighted by atomic mass is 10.1. The molecule has 0 aliphatic rings. The van der Waals surface area contributed by atoms with Gasteiger partial charge in [-0.2, -0.15) is 0 Å². The molecule has 0 rings (SSSR count). The molecule has 0 saturated heterocycles. The van der Waals surface area contributed by atoms with E-state index in [0.29, 0.717) is 25.7 Å². The van der Waals surface area contributed by atoms with Crippen LogP contribution in [-0.2, 0) is 28.6 Å². The molecule has 1 unspecified atom stereocenters. The van der Waals surface area contributed by atoms with Crippen LogP contribution in [0.2, 0.25) is 0 Å². The molecule has 0 heterocycles. The first-order chi connectivity index (χ1) is 29.5. The second kappa shape index (κ2) is 47.2. The molecule has 0 aliphatic carbocycles. The number of hydrogen-bond acceptors (Lipinski definition) is 6. The van der Waals surface area contributed by atoms with Crippen LogP contribution in [0.4, 0.5) is 0 Å². The zero-order valence-corrected chi connectivity index (χ0v) is 37.9. The molecule has 0 amide bonds. The Morgan fingerprint density at radius 1 is 0.350 bits per heavy atom. The van der Waals surface area contributed by atoms with Gasteiger partial charge in [-0.15, -0.1) is 0 Å². The first-order valence-corrected chi connectivity index (χ1v) is 23.3. The zero-order valence-electron chi connectivity index (χ0n) is 37.9. The van der Waals surface area contributed by atoms with Crippen LogP contribution in [0.1, 0.15) is 168 Å². The Morgan fingerprint density at radius 3 is 1.02 bits per heavy atom. The van der Waals surface area contributed by atoms with Gasteiger partial charge in [0.15, 0.2) is 6.10 Å². The fourth-order valence-electron chi connectivity index (χ4n) is 5.73. The smallest absolute Gasteiger partial charge is 0.306 e. The summed E-state index contributed by atoms with van der Waals surface area (Å²) in [5, 5.41) is 0. The second-order valence-electron chi connectivity index (χ2n) is 14.8. The summed E-state index contributed by atoms with van der Waals surface area (Å²) in [4.78, 5) is 37.8. The van der Waals surface area contributed by atoms with Gasteiger partial charge in [-0.05, 0) is 57.8 Å². The van der Waals surface area contributed by atoms with E-state index in [0.717, 1.165) is 70.6 Å². The minimum atomic E-state index is -0.819. The van der Waals surface area contributed by atoms with Gasteiger partial charge in [-0.3, -0.25) is 14.4 Å². The Kier molecular flexibility index (Phi) is 43.7. The molecular weight excluding hydrogens is 745 g/mol. The fourth-order valence-corrected chi connectivity index (χ4v) is 5.73. The van der Waals surface area contributed by atoms with Gasteiger partial charge in [0.1, 0.15) is 13.2 Å². The number of allylic oxidation sites excluding steroid dienone is 22. The average Bonchev–Trinajstić information content (AvgIpc) is 3.24. The van der Waals surface area contributed by atoms with Gasteiger partial charge in [0, 0.05) is 19.3 Å². The van der Waals surface area contributed by atoms with Crippen molar-refractivity contribution in [1.29, 1.82) is 0 Å². The minimum Gasteiger partial charge on any atom is -0.462 e. The fraction of sp³-hybridized carbons (Fsp3) is 0.537. The van der Waals surface area contributed by atoms with E-state index in [4.69, 9.17) is 14.2 Å². The predicted molar refractivity (Wildman–Crippen MR) is 256 cm³/mol. The van der Waals surface area contributed by atoms with Gasteiger partial charge in [-0.1, -0.05) is 225 Å². The van der Waals surface area contributed by atoms with Crippen LogP contribution < -0.4 is 0 Å². The summed E-state index contributed by atoms with van der Waals surface area (Å²) in [7, 11) is 0. The molecule has 0 radical (unpaired) electrons. The van der Waals surface area contributed by atoms with Gasteiger partial charge in [0.05, 0.1) is 0 Å². The Morgan fingerprint density at radius 2 is 0.650 bits per heavy atom. The van der Waals surface area contributed by atoms with Crippen molar-refractivity contribution in [2.45, 2.75) is 175 Å². The largest absolute Gasteiger partial charge is 0.462 e. The number of unbranched alkanes of at least 4 members (excludes halogenated alkanes) is 15. The molecule has 6 heteroatoms. The van der Waals surface area contributed by atoms with Crippen molar-refractivity contribution in [2.75, 3.05) is 13.2 Å². The molecule has 0 aromatic carbocycles. The summed E-state index contributed by atoms with van der Waals surface area (Å²) in [6.45, 7) is 6.23. The van der Waals surface area contributed by atoms with Crippen LogP contribution in [-0.4, -0.2) is 37.2 Å². The van der Waals surface area contributed by atoms with E-state index in [1.807, 2.05) is 109 Å². The molecule has 6 nitrogen and oxygen atoms in total. The van der Waals surface area contributed by atoms with Crippen molar-refractivity contribution >= 4 is 17.9 Å². The normalized spacial score (nSPS) is 13.3. The van der Waals surface area contributed by atoms with E-state index in [1.165, 1.54) is 44.9 Å². The molecule has 0 aromatic rings. The lowest BCUT2D eigenvalue weighted by Crippen LogP contribution is -2.30. The van der Waals surface area contributed by atoms with Gasteiger partial charge >= 0.3 is 17.9 Å². The van der Waals surface area contributed by atoms with E-state index in [2.05, 4.69) is 45.1 Å². The molecule has 0 saturated carbocycles. The quantitative estimate of drug-likeness (QED) is 0.0266. The molecule has 60 heavy (non-hydrogen) atoms. The number of hydrogen-bond donors (Lipinski definition) is 0. The number of ether oxygens (including phenoxy) is 3. The third-order valence-corrected chi connectivity index (χ3v) is 9.19. The molecule has 0 spiro atoms. The Bertz CT molecular complexity index is 1370. The number of carbonyl (C=O) groups is 3. The van der Waals surface area contributed by atoms with Gasteiger partial charge < -0.3 is 14.2 Å². The summed E-state index contributed by atoms with van der Waals surface area (Å²) >= 11 is 0. The highest BCUT2D eigenvalue weighted by Gasteiger charge is 2.19. The molecule has 0 aromatic heterocycles. The van der Waals surface area contributed by atoms with Gasteiger partial charge in [0.2, 0.25) is 0 Å². The van der Waals surface area contributed by atoms with Crippen LogP contribution >= 0.6 is 0 Å².